The van der Waals surface area contributed by atoms with E-state index in [1.54, 1.807) is 0 Å². The van der Waals surface area contributed by atoms with Crippen LogP contribution in [0.4, 0.5) is 0 Å². The van der Waals surface area contributed by atoms with E-state index < -0.39 is 0 Å². The van der Waals surface area contributed by atoms with Crippen LogP contribution in [0.3, 0.4) is 0 Å². The molecule has 1 fully saturated rings. The summed E-state index contributed by atoms with van der Waals surface area (Å²) >= 11 is 16.7. The van der Waals surface area contributed by atoms with Crippen molar-refractivity contribution in [1.29, 1.82) is 0 Å². The van der Waals surface area contributed by atoms with E-state index in [2.05, 4.69) is 66.8 Å². The number of aliphatic imine (C=N–C) groups is 1. The molecule has 3 heterocycles. The lowest BCUT2D eigenvalue weighted by molar-refractivity contribution is 0.283. The molecular weight excluding hydrogens is 607 g/mol. The number of isothiocyanates is 1. The van der Waals surface area contributed by atoms with Crippen molar-refractivity contribution in [3.8, 4) is 0 Å². The molecule has 5 nitrogen and oxygen atoms in total. The van der Waals surface area contributed by atoms with Crippen LogP contribution >= 0.6 is 47.5 Å². The summed E-state index contributed by atoms with van der Waals surface area (Å²) in [5.74, 6) is 0.601. The number of thiocarbonyl (C=S) groups is 3. The Hall–Kier alpha value is -1.38. The lowest BCUT2D eigenvalue weighted by Crippen LogP contribution is -2.55. The molecule has 2 atom stereocenters. The van der Waals surface area contributed by atoms with Gasteiger partial charge in [-0.3, -0.25) is 18.4 Å². The molecule has 9 heteroatoms. The average molecular weight is 660 g/mol. The molecule has 0 spiro atoms. The molecule has 0 N–H and O–H groups in total. The summed E-state index contributed by atoms with van der Waals surface area (Å²) in [5.41, 5.74) is 2.38. The van der Waals surface area contributed by atoms with E-state index >= 15 is 0 Å². The van der Waals surface area contributed by atoms with E-state index in [4.69, 9.17) is 36.7 Å². The van der Waals surface area contributed by atoms with Gasteiger partial charge in [-0.05, 0) is 60.1 Å². The topological polar surface area (TPSA) is 25.3 Å². The minimum atomic E-state index is -0.252. The maximum atomic E-state index is 6.09. The van der Waals surface area contributed by atoms with Crippen molar-refractivity contribution >= 4 is 68.0 Å². The maximum absolute atomic E-state index is 6.09. The SMILES string of the molecule is CCCCCCCCCCCCCCCCCCC1CN2C(=S)N(C)S3=C2N(C1)C(=S)N3Cc1ccc(CN=C=S)cc1. The van der Waals surface area contributed by atoms with Crippen LogP contribution in [0.5, 0.6) is 0 Å². The summed E-state index contributed by atoms with van der Waals surface area (Å²) in [4.78, 5) is 8.84. The minimum absolute atomic E-state index is 0.252. The van der Waals surface area contributed by atoms with Gasteiger partial charge in [0.2, 0.25) is 0 Å². The van der Waals surface area contributed by atoms with E-state index in [1.165, 1.54) is 120 Å². The van der Waals surface area contributed by atoms with Crippen LogP contribution in [0, 0.1) is 5.92 Å². The average Bonchev–Trinajstić information content (AvgIpc) is 3.43. The van der Waals surface area contributed by atoms with Crippen molar-refractivity contribution < 1.29 is 0 Å². The number of nitrogens with zero attached hydrogens (tertiary/aromatic N) is 5. The van der Waals surface area contributed by atoms with Crippen LogP contribution in [0.25, 0.3) is 0 Å². The summed E-state index contributed by atoms with van der Waals surface area (Å²) in [6, 6.07) is 8.60. The largest absolute Gasteiger partial charge is 0.296 e. The van der Waals surface area contributed by atoms with Gasteiger partial charge >= 0.3 is 0 Å². The molecule has 0 aliphatic carbocycles. The van der Waals surface area contributed by atoms with Gasteiger partial charge in [-0.1, -0.05) is 134 Å². The molecule has 1 aromatic carbocycles. The number of unbranched alkanes of at least 4 members (excludes halogenated alkanes) is 15. The highest BCUT2D eigenvalue weighted by Crippen LogP contribution is 2.45. The van der Waals surface area contributed by atoms with E-state index in [0.717, 1.165) is 35.4 Å². The fourth-order valence-corrected chi connectivity index (χ4v) is 9.75. The van der Waals surface area contributed by atoms with Gasteiger partial charge in [-0.25, -0.2) is 4.99 Å². The summed E-state index contributed by atoms with van der Waals surface area (Å²) in [7, 11) is 1.88. The smallest absolute Gasteiger partial charge is 0.189 e. The lowest BCUT2D eigenvalue weighted by Gasteiger charge is -2.40. The van der Waals surface area contributed by atoms with Gasteiger partial charge in [0.1, 0.15) is 0 Å². The Bertz CT molecular complexity index is 1130. The third-order valence-electron chi connectivity index (χ3n) is 9.06. The van der Waals surface area contributed by atoms with E-state index in [1.807, 2.05) is 0 Å². The molecule has 43 heavy (non-hydrogen) atoms. The van der Waals surface area contributed by atoms with Crippen molar-refractivity contribution in [3.63, 3.8) is 0 Å². The Labute approximate surface area is 280 Å². The summed E-state index contributed by atoms with van der Waals surface area (Å²) in [6.45, 7) is 5.71. The number of rotatable bonds is 21. The van der Waals surface area contributed by atoms with Gasteiger partial charge in [0, 0.05) is 20.1 Å². The zero-order valence-electron chi connectivity index (χ0n) is 26.6. The Kier molecular flexibility index (Phi) is 14.9. The van der Waals surface area contributed by atoms with Crippen molar-refractivity contribution in [3.05, 3.63) is 35.4 Å². The van der Waals surface area contributed by atoms with Crippen LogP contribution in [0.1, 0.15) is 127 Å². The van der Waals surface area contributed by atoms with Gasteiger partial charge in [0.25, 0.3) is 0 Å². The Morgan fingerprint density at radius 2 is 1.23 bits per heavy atom. The predicted octanol–water partition coefficient (Wildman–Crippen LogP) is 9.69. The summed E-state index contributed by atoms with van der Waals surface area (Å²) in [5, 5.41) is 5.64. The van der Waals surface area contributed by atoms with Crippen LogP contribution < -0.4 is 0 Å². The van der Waals surface area contributed by atoms with E-state index in [9.17, 15) is 0 Å². The number of hydrogen-bond acceptors (Lipinski definition) is 4. The fourth-order valence-electron chi connectivity index (χ4n) is 6.55. The third kappa shape index (κ3) is 9.80. The zero-order valence-corrected chi connectivity index (χ0v) is 29.9. The fraction of sp³-hybridized carbons (Fsp3) is 0.706. The van der Waals surface area contributed by atoms with Crippen molar-refractivity contribution in [1.82, 2.24) is 18.4 Å². The quantitative estimate of drug-likeness (QED) is 0.0736. The predicted molar refractivity (Wildman–Crippen MR) is 197 cm³/mol. The summed E-state index contributed by atoms with van der Waals surface area (Å²) < 4.78 is 4.63. The van der Waals surface area contributed by atoms with Crippen LogP contribution in [-0.2, 0) is 13.1 Å². The van der Waals surface area contributed by atoms with Crippen LogP contribution in [0.2, 0.25) is 0 Å². The number of hydrogen-bond donors (Lipinski definition) is 0. The highest BCUT2D eigenvalue weighted by atomic mass is 32.2. The molecule has 2 unspecified atom stereocenters. The molecular formula is C34H53N5S4. The second-order valence-corrected chi connectivity index (χ2v) is 15.3. The first-order valence-electron chi connectivity index (χ1n) is 16.9. The molecule has 0 saturated carbocycles. The second-order valence-electron chi connectivity index (χ2n) is 12.5. The molecule has 4 rings (SSSR count). The van der Waals surface area contributed by atoms with Crippen LogP contribution in [-0.4, -0.2) is 59.0 Å². The molecule has 1 saturated heterocycles. The van der Waals surface area contributed by atoms with Gasteiger partial charge in [0.15, 0.2) is 15.3 Å². The van der Waals surface area contributed by atoms with Gasteiger partial charge < -0.3 is 0 Å². The third-order valence-corrected chi connectivity index (χ3v) is 12.5. The molecule has 3 aliphatic heterocycles. The first-order chi connectivity index (χ1) is 21.0. The Balaban J connectivity index is 1.13. The zero-order chi connectivity index (χ0) is 30.4. The van der Waals surface area contributed by atoms with Crippen molar-refractivity contribution in [2.75, 3.05) is 20.1 Å². The first-order valence-corrected chi connectivity index (χ1v) is 19.3. The standard InChI is InChI=1S/C34H53N5S4/c1-3-4-5-6-7-8-9-10-11-12-13-14-15-16-17-18-19-31-25-37-32(41)36(2)43-34(37)38(26-31)33(42)39(43)27-30-22-20-29(21-23-30)24-35-28-40/h20-23,31H,3-19,24-27H2,1-2H3. The van der Waals surface area contributed by atoms with Crippen molar-refractivity contribution in [2.45, 2.75) is 129 Å². The normalized spacial score (nSPS) is 19.4. The number of benzene rings is 1. The van der Waals surface area contributed by atoms with E-state index in [0.29, 0.717) is 12.5 Å². The van der Waals surface area contributed by atoms with Crippen molar-refractivity contribution in [2.24, 2.45) is 10.9 Å². The molecule has 0 aromatic heterocycles. The van der Waals surface area contributed by atoms with Gasteiger partial charge in [-0.15, -0.1) is 0 Å². The second kappa shape index (κ2) is 18.6. The molecule has 238 valence electrons. The molecule has 0 amide bonds. The van der Waals surface area contributed by atoms with Gasteiger partial charge in [-0.2, -0.15) is 0 Å². The first kappa shape index (κ1) is 34.5. The molecule has 3 aliphatic rings. The Morgan fingerprint density at radius 3 is 1.77 bits per heavy atom. The van der Waals surface area contributed by atoms with E-state index in [-0.39, 0.29) is 10.9 Å². The minimum Gasteiger partial charge on any atom is -0.296 e. The monoisotopic (exact) mass is 659 g/mol. The van der Waals surface area contributed by atoms with Gasteiger partial charge in [0.05, 0.1) is 29.1 Å². The summed E-state index contributed by atoms with van der Waals surface area (Å²) in [6.07, 6.45) is 23.9. The van der Waals surface area contributed by atoms with Crippen LogP contribution in [0.15, 0.2) is 29.3 Å². The molecule has 0 radical (unpaired) electrons. The molecule has 1 aromatic rings. The Morgan fingerprint density at radius 1 is 0.744 bits per heavy atom. The molecule has 0 bridgehead atoms. The highest BCUT2D eigenvalue weighted by molar-refractivity contribution is 8.14. The maximum Gasteiger partial charge on any atom is 0.189 e. The highest BCUT2D eigenvalue weighted by Gasteiger charge is 2.49. The lowest BCUT2D eigenvalue weighted by atomic mass is 9.97.